The molecule has 0 aliphatic heterocycles. The summed E-state index contributed by atoms with van der Waals surface area (Å²) >= 11 is 0. The molecule has 0 bridgehead atoms. The molecule has 1 amide bonds. The van der Waals surface area contributed by atoms with Crippen molar-refractivity contribution in [1.82, 2.24) is 5.32 Å². The van der Waals surface area contributed by atoms with Crippen molar-refractivity contribution in [3.8, 4) is 6.07 Å². The summed E-state index contributed by atoms with van der Waals surface area (Å²) in [6, 6.07) is 10.6. The van der Waals surface area contributed by atoms with Crippen LogP contribution in [0, 0.1) is 24.2 Å². The number of nitrogens with one attached hydrogen (secondary N) is 2. The topological polar surface area (TPSA) is 57.3 Å². The SMILES string of the molecule is Cc1ccc(C[NH+](C)CC(=O)N[C@@](C)(C#N)C2CC2)cc1. The van der Waals surface area contributed by atoms with E-state index in [-0.39, 0.29) is 5.91 Å². The van der Waals surface area contributed by atoms with Crippen molar-refractivity contribution in [2.75, 3.05) is 13.6 Å². The highest BCUT2D eigenvalue weighted by atomic mass is 16.2. The Morgan fingerprint density at radius 2 is 2.05 bits per heavy atom. The molecule has 1 unspecified atom stereocenters. The molecule has 0 spiro atoms. The molecule has 4 nitrogen and oxygen atoms in total. The third kappa shape index (κ3) is 4.30. The maximum Gasteiger partial charge on any atom is 0.276 e. The average molecular weight is 286 g/mol. The molecule has 112 valence electrons. The highest BCUT2D eigenvalue weighted by Crippen LogP contribution is 2.39. The third-order valence-corrected chi connectivity index (χ3v) is 4.11. The minimum absolute atomic E-state index is 0.0458. The second kappa shape index (κ2) is 6.28. The second-order valence-corrected chi connectivity index (χ2v) is 6.43. The van der Waals surface area contributed by atoms with Gasteiger partial charge in [-0.05, 0) is 32.6 Å². The van der Waals surface area contributed by atoms with E-state index in [0.717, 1.165) is 24.3 Å². The van der Waals surface area contributed by atoms with Crippen LogP contribution in [-0.2, 0) is 11.3 Å². The first-order valence-electron chi connectivity index (χ1n) is 7.52. The number of benzene rings is 1. The Morgan fingerprint density at radius 1 is 1.43 bits per heavy atom. The summed E-state index contributed by atoms with van der Waals surface area (Å²) in [7, 11) is 2.00. The van der Waals surface area contributed by atoms with Crippen molar-refractivity contribution < 1.29 is 9.69 Å². The normalized spacial score (nSPS) is 18.4. The van der Waals surface area contributed by atoms with Gasteiger partial charge >= 0.3 is 0 Å². The molecule has 2 N–H and O–H groups in total. The summed E-state index contributed by atoms with van der Waals surface area (Å²) in [6.45, 7) is 5.09. The zero-order valence-corrected chi connectivity index (χ0v) is 13.1. The van der Waals surface area contributed by atoms with Crippen molar-refractivity contribution in [2.24, 2.45) is 5.92 Å². The Kier molecular flexibility index (Phi) is 4.64. The molecule has 2 rings (SSSR count). The average Bonchev–Trinajstić information content (AvgIpc) is 3.25. The fourth-order valence-corrected chi connectivity index (χ4v) is 2.61. The molecular weight excluding hydrogens is 262 g/mol. The van der Waals surface area contributed by atoms with Gasteiger partial charge in [-0.25, -0.2) is 0 Å². The van der Waals surface area contributed by atoms with Gasteiger partial charge in [-0.2, -0.15) is 5.26 Å². The van der Waals surface area contributed by atoms with Gasteiger partial charge in [-0.3, -0.25) is 4.79 Å². The van der Waals surface area contributed by atoms with Gasteiger partial charge in [-0.15, -0.1) is 0 Å². The van der Waals surface area contributed by atoms with Crippen LogP contribution in [0.2, 0.25) is 0 Å². The van der Waals surface area contributed by atoms with Crippen molar-refractivity contribution in [3.05, 3.63) is 35.4 Å². The molecule has 4 heteroatoms. The highest BCUT2D eigenvalue weighted by Gasteiger charge is 2.43. The molecule has 0 aromatic heterocycles. The van der Waals surface area contributed by atoms with E-state index in [0.29, 0.717) is 12.5 Å². The first kappa shape index (κ1) is 15.5. The van der Waals surface area contributed by atoms with Gasteiger partial charge in [0, 0.05) is 5.56 Å². The van der Waals surface area contributed by atoms with E-state index >= 15 is 0 Å². The molecule has 0 radical (unpaired) electrons. The maximum absolute atomic E-state index is 12.1. The van der Waals surface area contributed by atoms with Gasteiger partial charge in [0.2, 0.25) is 0 Å². The zero-order chi connectivity index (χ0) is 15.5. The van der Waals surface area contributed by atoms with Gasteiger partial charge in [0.25, 0.3) is 5.91 Å². The number of hydrogen-bond donors (Lipinski definition) is 2. The fourth-order valence-electron chi connectivity index (χ4n) is 2.61. The van der Waals surface area contributed by atoms with Crippen LogP contribution in [-0.4, -0.2) is 25.0 Å². The van der Waals surface area contributed by atoms with Crippen molar-refractivity contribution >= 4 is 5.91 Å². The van der Waals surface area contributed by atoms with E-state index in [1.54, 1.807) is 0 Å². The summed E-state index contributed by atoms with van der Waals surface area (Å²) in [5.74, 6) is 0.277. The lowest BCUT2D eigenvalue weighted by atomic mass is 9.98. The number of rotatable bonds is 6. The molecular formula is C17H24N3O+. The smallest absolute Gasteiger partial charge is 0.276 e. The second-order valence-electron chi connectivity index (χ2n) is 6.43. The maximum atomic E-state index is 12.1. The number of aryl methyl sites for hydroxylation is 1. The highest BCUT2D eigenvalue weighted by molar-refractivity contribution is 5.78. The first-order chi connectivity index (χ1) is 9.93. The van der Waals surface area contributed by atoms with Crippen LogP contribution in [0.5, 0.6) is 0 Å². The predicted octanol–water partition coefficient (Wildman–Crippen LogP) is 0.818. The molecule has 1 aliphatic carbocycles. The molecule has 21 heavy (non-hydrogen) atoms. The summed E-state index contributed by atoms with van der Waals surface area (Å²) in [5.41, 5.74) is 1.76. The molecule has 1 aromatic rings. The van der Waals surface area contributed by atoms with Crippen LogP contribution in [0.15, 0.2) is 24.3 Å². The number of nitriles is 1. The van der Waals surface area contributed by atoms with Crippen LogP contribution in [0.3, 0.4) is 0 Å². The molecule has 1 aromatic carbocycles. The van der Waals surface area contributed by atoms with Gasteiger partial charge in [0.15, 0.2) is 6.54 Å². The van der Waals surface area contributed by atoms with Crippen LogP contribution >= 0.6 is 0 Å². The summed E-state index contributed by atoms with van der Waals surface area (Å²) in [6.07, 6.45) is 2.08. The fraction of sp³-hybridized carbons (Fsp3) is 0.529. The van der Waals surface area contributed by atoms with Gasteiger partial charge < -0.3 is 10.2 Å². The van der Waals surface area contributed by atoms with Gasteiger partial charge in [0.1, 0.15) is 12.1 Å². The van der Waals surface area contributed by atoms with E-state index in [4.69, 9.17) is 0 Å². The van der Waals surface area contributed by atoms with E-state index in [1.807, 2.05) is 14.0 Å². The number of amides is 1. The van der Waals surface area contributed by atoms with Crippen LogP contribution in [0.1, 0.15) is 30.9 Å². The Balaban J connectivity index is 1.84. The summed E-state index contributed by atoms with van der Waals surface area (Å²) in [5, 5.41) is 12.2. The lowest BCUT2D eigenvalue weighted by Gasteiger charge is -2.23. The van der Waals surface area contributed by atoms with Crippen molar-refractivity contribution in [3.63, 3.8) is 0 Å². The number of carbonyl (C=O) groups is 1. The minimum Gasteiger partial charge on any atom is -0.333 e. The molecule has 1 saturated carbocycles. The third-order valence-electron chi connectivity index (χ3n) is 4.11. The Morgan fingerprint density at radius 3 is 2.57 bits per heavy atom. The molecule has 1 fully saturated rings. The van der Waals surface area contributed by atoms with Crippen molar-refractivity contribution in [2.45, 2.75) is 38.8 Å². The number of quaternary nitrogens is 1. The number of nitrogens with zero attached hydrogens (tertiary/aromatic N) is 1. The van der Waals surface area contributed by atoms with Crippen LogP contribution in [0.4, 0.5) is 0 Å². The number of likely N-dealkylation sites (N-methyl/N-ethyl adjacent to an activating group) is 1. The molecule has 0 heterocycles. The Labute approximate surface area is 126 Å². The summed E-state index contributed by atoms with van der Waals surface area (Å²) < 4.78 is 0. The molecule has 1 aliphatic rings. The largest absolute Gasteiger partial charge is 0.333 e. The monoisotopic (exact) mass is 286 g/mol. The molecule has 2 atom stereocenters. The number of carbonyl (C=O) groups excluding carboxylic acids is 1. The van der Waals surface area contributed by atoms with E-state index in [9.17, 15) is 10.1 Å². The van der Waals surface area contributed by atoms with Gasteiger partial charge in [0.05, 0.1) is 13.1 Å². The molecule has 0 saturated heterocycles. The zero-order valence-electron chi connectivity index (χ0n) is 13.1. The minimum atomic E-state index is -0.693. The number of hydrogen-bond acceptors (Lipinski definition) is 2. The standard InChI is InChI=1S/C17H23N3O/c1-13-4-6-14(7-5-13)10-20(3)11-16(21)19-17(2,12-18)15-8-9-15/h4-7,15H,8-11H2,1-3H3,(H,19,21)/p+1/t17-/m0/s1. The summed E-state index contributed by atoms with van der Waals surface area (Å²) in [4.78, 5) is 13.2. The predicted molar refractivity (Wildman–Crippen MR) is 81.5 cm³/mol. The van der Waals surface area contributed by atoms with E-state index in [1.165, 1.54) is 11.1 Å². The van der Waals surface area contributed by atoms with Crippen LogP contribution in [0.25, 0.3) is 0 Å². The van der Waals surface area contributed by atoms with Crippen LogP contribution < -0.4 is 10.2 Å². The van der Waals surface area contributed by atoms with Crippen molar-refractivity contribution in [1.29, 1.82) is 5.26 Å². The quantitative estimate of drug-likeness (QED) is 0.813. The van der Waals surface area contributed by atoms with Gasteiger partial charge in [-0.1, -0.05) is 29.8 Å². The lowest BCUT2D eigenvalue weighted by molar-refractivity contribution is -0.885. The van der Waals surface area contributed by atoms with E-state index in [2.05, 4.69) is 42.6 Å². The Bertz CT molecular complexity index is 542. The first-order valence-corrected chi connectivity index (χ1v) is 7.52. The Hall–Kier alpha value is -1.86. The lowest BCUT2D eigenvalue weighted by Crippen LogP contribution is -3.09. The van der Waals surface area contributed by atoms with E-state index < -0.39 is 5.54 Å².